The van der Waals surface area contributed by atoms with E-state index in [9.17, 15) is 9.59 Å². The predicted molar refractivity (Wildman–Crippen MR) is 77.1 cm³/mol. The lowest BCUT2D eigenvalue weighted by Gasteiger charge is -2.21. The van der Waals surface area contributed by atoms with E-state index in [0.717, 1.165) is 11.3 Å². The van der Waals surface area contributed by atoms with Gasteiger partial charge in [-0.1, -0.05) is 18.2 Å². The van der Waals surface area contributed by atoms with Gasteiger partial charge in [0.05, 0.1) is 7.11 Å². The molecule has 0 bridgehead atoms. The maximum atomic E-state index is 12.2. The van der Waals surface area contributed by atoms with Gasteiger partial charge in [0.15, 0.2) is 0 Å². The van der Waals surface area contributed by atoms with Gasteiger partial charge in [-0.05, 0) is 43.2 Å². The van der Waals surface area contributed by atoms with Crippen molar-refractivity contribution in [3.63, 3.8) is 0 Å². The zero-order valence-electron chi connectivity index (χ0n) is 11.6. The Morgan fingerprint density at radius 2 is 2.20 bits per heavy atom. The van der Waals surface area contributed by atoms with E-state index < -0.39 is 0 Å². The van der Waals surface area contributed by atoms with Gasteiger partial charge in [0.25, 0.3) is 11.8 Å². The number of carbonyl (C=O) groups is 2. The Morgan fingerprint density at radius 3 is 2.90 bits per heavy atom. The van der Waals surface area contributed by atoms with Crippen LogP contribution in [0.1, 0.15) is 18.9 Å². The molecule has 1 aliphatic rings. The fourth-order valence-electron chi connectivity index (χ4n) is 2.05. The van der Waals surface area contributed by atoms with Crippen LogP contribution in [0.15, 0.2) is 42.0 Å². The first-order valence-corrected chi connectivity index (χ1v) is 6.46. The molecule has 1 heterocycles. The van der Waals surface area contributed by atoms with Crippen molar-refractivity contribution < 1.29 is 14.3 Å². The van der Waals surface area contributed by atoms with Crippen molar-refractivity contribution in [1.29, 1.82) is 0 Å². The summed E-state index contributed by atoms with van der Waals surface area (Å²) in [5, 5.41) is 0. The van der Waals surface area contributed by atoms with Crippen LogP contribution >= 0.6 is 0 Å². The molecule has 0 fully saturated rings. The third-order valence-electron chi connectivity index (χ3n) is 3.11. The van der Waals surface area contributed by atoms with E-state index in [-0.39, 0.29) is 11.8 Å². The molecule has 104 valence electrons. The maximum absolute atomic E-state index is 12.2. The molecule has 0 spiro atoms. The summed E-state index contributed by atoms with van der Waals surface area (Å²) in [4.78, 5) is 25.2. The second kappa shape index (κ2) is 6.19. The van der Waals surface area contributed by atoms with Gasteiger partial charge in [-0.3, -0.25) is 14.5 Å². The number of ether oxygens (including phenoxy) is 1. The first-order valence-electron chi connectivity index (χ1n) is 6.46. The van der Waals surface area contributed by atoms with Crippen molar-refractivity contribution in [2.24, 2.45) is 0 Å². The molecule has 20 heavy (non-hydrogen) atoms. The highest BCUT2D eigenvalue weighted by Gasteiger charge is 2.22. The van der Waals surface area contributed by atoms with Crippen molar-refractivity contribution in [1.82, 2.24) is 4.90 Å². The van der Waals surface area contributed by atoms with Gasteiger partial charge in [0, 0.05) is 12.1 Å². The molecule has 4 heteroatoms. The van der Waals surface area contributed by atoms with E-state index in [2.05, 4.69) is 0 Å². The molecule has 4 nitrogen and oxygen atoms in total. The summed E-state index contributed by atoms with van der Waals surface area (Å²) in [6.45, 7) is 2.16. The fourth-order valence-corrected chi connectivity index (χ4v) is 2.05. The minimum atomic E-state index is -0.250. The molecule has 0 aliphatic carbocycles. The molecule has 0 aromatic heterocycles. The van der Waals surface area contributed by atoms with Gasteiger partial charge in [0.1, 0.15) is 5.75 Å². The second-order valence-corrected chi connectivity index (χ2v) is 4.59. The molecule has 0 radical (unpaired) electrons. The summed E-state index contributed by atoms with van der Waals surface area (Å²) < 4.78 is 5.14. The van der Waals surface area contributed by atoms with Gasteiger partial charge in [-0.2, -0.15) is 0 Å². The van der Waals surface area contributed by atoms with E-state index in [0.29, 0.717) is 18.5 Å². The topological polar surface area (TPSA) is 46.6 Å². The van der Waals surface area contributed by atoms with E-state index in [1.807, 2.05) is 24.3 Å². The predicted octanol–water partition coefficient (Wildman–Crippen LogP) is 2.41. The zero-order valence-corrected chi connectivity index (χ0v) is 11.6. The summed E-state index contributed by atoms with van der Waals surface area (Å²) in [6.07, 6.45) is 5.70. The van der Waals surface area contributed by atoms with Crippen LogP contribution in [0, 0.1) is 0 Å². The number of rotatable bonds is 3. The number of imide groups is 1. The van der Waals surface area contributed by atoms with Crippen molar-refractivity contribution in [3.8, 4) is 5.75 Å². The Morgan fingerprint density at radius 1 is 1.40 bits per heavy atom. The van der Waals surface area contributed by atoms with Gasteiger partial charge in [-0.25, -0.2) is 0 Å². The van der Waals surface area contributed by atoms with Gasteiger partial charge in [-0.15, -0.1) is 0 Å². The van der Waals surface area contributed by atoms with E-state index >= 15 is 0 Å². The summed E-state index contributed by atoms with van der Waals surface area (Å²) in [5.74, 6) is 0.234. The van der Waals surface area contributed by atoms with Gasteiger partial charge < -0.3 is 4.74 Å². The fraction of sp³-hybridized carbons (Fsp3) is 0.250. The Balaban J connectivity index is 2.19. The van der Waals surface area contributed by atoms with E-state index in [4.69, 9.17) is 4.74 Å². The molecule has 1 aromatic rings. The minimum absolute atomic E-state index is 0.248. The standard InChI is InChI=1S/C16H17NO3/c1-12(10-13-6-5-7-14(11-13)20-2)16(19)17-9-4-3-8-15(17)18/h3,5-8,10-11H,4,9H2,1-2H3/b12-10+. The molecule has 0 atom stereocenters. The first kappa shape index (κ1) is 14.1. The Bertz CT molecular complexity index is 587. The average Bonchev–Trinajstić information content (AvgIpc) is 2.47. The maximum Gasteiger partial charge on any atom is 0.256 e. The number of methoxy groups -OCH3 is 1. The highest BCUT2D eigenvalue weighted by Crippen LogP contribution is 2.17. The van der Waals surface area contributed by atoms with Gasteiger partial charge >= 0.3 is 0 Å². The molecule has 0 saturated carbocycles. The highest BCUT2D eigenvalue weighted by molar-refractivity contribution is 6.09. The number of nitrogens with zero attached hydrogens (tertiary/aromatic N) is 1. The van der Waals surface area contributed by atoms with Crippen LogP contribution in [0.3, 0.4) is 0 Å². The molecule has 2 rings (SSSR count). The van der Waals surface area contributed by atoms with Crippen LogP contribution in [0.25, 0.3) is 6.08 Å². The highest BCUT2D eigenvalue weighted by atomic mass is 16.5. The normalized spacial score (nSPS) is 15.4. The third kappa shape index (κ3) is 3.15. The Labute approximate surface area is 118 Å². The van der Waals surface area contributed by atoms with Crippen LogP contribution in [0.2, 0.25) is 0 Å². The van der Waals surface area contributed by atoms with Gasteiger partial charge in [0.2, 0.25) is 0 Å². The second-order valence-electron chi connectivity index (χ2n) is 4.59. The van der Waals surface area contributed by atoms with Crippen molar-refractivity contribution >= 4 is 17.9 Å². The third-order valence-corrected chi connectivity index (χ3v) is 3.11. The molecule has 1 aromatic carbocycles. The quantitative estimate of drug-likeness (QED) is 0.793. The van der Waals surface area contributed by atoms with E-state index in [1.165, 1.54) is 11.0 Å². The van der Waals surface area contributed by atoms with Crippen LogP contribution in [0.4, 0.5) is 0 Å². The SMILES string of the molecule is COc1cccc(/C=C(\C)C(=O)N2CCC=CC2=O)c1. The summed E-state index contributed by atoms with van der Waals surface area (Å²) in [5.41, 5.74) is 1.40. The zero-order chi connectivity index (χ0) is 14.5. The Hall–Kier alpha value is -2.36. The minimum Gasteiger partial charge on any atom is -0.497 e. The number of amides is 2. The van der Waals surface area contributed by atoms with E-state index in [1.54, 1.807) is 26.2 Å². The van der Waals surface area contributed by atoms with Crippen LogP contribution < -0.4 is 4.74 Å². The number of carbonyl (C=O) groups excluding carboxylic acids is 2. The lowest BCUT2D eigenvalue weighted by Crippen LogP contribution is -2.38. The van der Waals surface area contributed by atoms with Crippen LogP contribution in [-0.4, -0.2) is 30.4 Å². The van der Waals surface area contributed by atoms with Crippen molar-refractivity contribution in [3.05, 3.63) is 47.6 Å². The molecule has 0 N–H and O–H groups in total. The lowest BCUT2D eigenvalue weighted by molar-refractivity contribution is -0.139. The number of benzene rings is 1. The molecule has 0 unspecified atom stereocenters. The van der Waals surface area contributed by atoms with Crippen LogP contribution in [-0.2, 0) is 9.59 Å². The molecule has 2 amide bonds. The monoisotopic (exact) mass is 271 g/mol. The smallest absolute Gasteiger partial charge is 0.256 e. The van der Waals surface area contributed by atoms with Crippen LogP contribution in [0.5, 0.6) is 5.75 Å². The summed E-state index contributed by atoms with van der Waals surface area (Å²) in [6, 6.07) is 7.43. The molecular formula is C16H17NO3. The number of hydrogen-bond donors (Lipinski definition) is 0. The largest absolute Gasteiger partial charge is 0.497 e. The Kier molecular flexibility index (Phi) is 4.35. The molecule has 0 saturated heterocycles. The van der Waals surface area contributed by atoms with Crippen molar-refractivity contribution in [2.45, 2.75) is 13.3 Å². The number of hydrogen-bond acceptors (Lipinski definition) is 3. The average molecular weight is 271 g/mol. The summed E-state index contributed by atoms with van der Waals surface area (Å²) >= 11 is 0. The first-order chi connectivity index (χ1) is 9.61. The molecule has 1 aliphatic heterocycles. The lowest BCUT2D eigenvalue weighted by atomic mass is 10.1. The summed E-state index contributed by atoms with van der Waals surface area (Å²) in [7, 11) is 1.60. The molecular weight excluding hydrogens is 254 g/mol. The van der Waals surface area contributed by atoms with Crippen molar-refractivity contribution in [2.75, 3.05) is 13.7 Å².